The van der Waals surface area contributed by atoms with Gasteiger partial charge in [0.05, 0.1) is 17.6 Å². The molecule has 0 unspecified atom stereocenters. The van der Waals surface area contributed by atoms with Crippen LogP contribution in [0.15, 0.2) is 29.2 Å². The highest BCUT2D eigenvalue weighted by atomic mass is 32.2. The smallest absolute Gasteiger partial charge is 0.339 e. The number of rotatable bonds is 3. The molecule has 1 heterocycles. The van der Waals surface area contributed by atoms with Crippen molar-refractivity contribution in [3.05, 3.63) is 29.8 Å². The Kier molecular flexibility index (Phi) is 4.65. The van der Waals surface area contributed by atoms with Gasteiger partial charge in [-0.05, 0) is 26.0 Å². The van der Waals surface area contributed by atoms with E-state index in [-0.39, 0.29) is 15.2 Å². The van der Waals surface area contributed by atoms with Crippen LogP contribution in [0.5, 0.6) is 0 Å². The standard InChI is InChI=1S/C14H19NO4S2/c1-14(2)10-15(8-9-20-14)21(17,18)12-7-5-4-6-11(12)13(16)19-3/h4-7H,8-10H2,1-3H3. The maximum absolute atomic E-state index is 12.8. The zero-order chi connectivity index (χ0) is 15.7. The van der Waals surface area contributed by atoms with Crippen LogP contribution in [0.1, 0.15) is 24.2 Å². The molecule has 0 saturated carbocycles. The summed E-state index contributed by atoms with van der Waals surface area (Å²) in [5.74, 6) is 0.104. The second-order valence-corrected chi connectivity index (χ2v) is 9.14. The van der Waals surface area contributed by atoms with Crippen LogP contribution < -0.4 is 0 Å². The topological polar surface area (TPSA) is 63.7 Å². The first kappa shape index (κ1) is 16.3. The van der Waals surface area contributed by atoms with Crippen LogP contribution in [-0.2, 0) is 14.8 Å². The van der Waals surface area contributed by atoms with Crippen molar-refractivity contribution in [1.82, 2.24) is 4.31 Å². The highest BCUT2D eigenvalue weighted by Crippen LogP contribution is 2.33. The fourth-order valence-corrected chi connectivity index (χ4v) is 5.38. The second-order valence-electron chi connectivity index (χ2n) is 5.43. The molecule has 0 aromatic heterocycles. The predicted molar refractivity (Wildman–Crippen MR) is 83.1 cm³/mol. The number of hydrogen-bond donors (Lipinski definition) is 0. The van der Waals surface area contributed by atoms with Gasteiger partial charge in [0.25, 0.3) is 0 Å². The number of thioether (sulfide) groups is 1. The number of nitrogens with zero attached hydrogens (tertiary/aromatic N) is 1. The number of methoxy groups -OCH3 is 1. The molecule has 1 aromatic rings. The Morgan fingerprint density at radius 1 is 1.33 bits per heavy atom. The van der Waals surface area contributed by atoms with E-state index in [1.54, 1.807) is 23.9 Å². The van der Waals surface area contributed by atoms with Gasteiger partial charge < -0.3 is 4.74 Å². The minimum absolute atomic E-state index is 0.0135. The van der Waals surface area contributed by atoms with Gasteiger partial charge in [-0.25, -0.2) is 13.2 Å². The average molecular weight is 329 g/mol. The molecule has 1 saturated heterocycles. The Morgan fingerprint density at radius 3 is 2.62 bits per heavy atom. The minimum atomic E-state index is -3.70. The monoisotopic (exact) mass is 329 g/mol. The van der Waals surface area contributed by atoms with Gasteiger partial charge >= 0.3 is 5.97 Å². The van der Waals surface area contributed by atoms with Gasteiger partial charge in [0, 0.05) is 23.6 Å². The normalized spacial score (nSPS) is 19.2. The lowest BCUT2D eigenvalue weighted by molar-refractivity contribution is 0.0596. The quantitative estimate of drug-likeness (QED) is 0.794. The van der Waals surface area contributed by atoms with E-state index in [9.17, 15) is 13.2 Å². The summed E-state index contributed by atoms with van der Waals surface area (Å²) >= 11 is 1.75. The maximum atomic E-state index is 12.8. The minimum Gasteiger partial charge on any atom is -0.465 e. The Hall–Kier alpha value is -1.05. The van der Waals surface area contributed by atoms with Crippen LogP contribution in [-0.4, -0.2) is 49.4 Å². The lowest BCUT2D eigenvalue weighted by Crippen LogP contribution is -2.46. The molecule has 5 nitrogen and oxygen atoms in total. The van der Waals surface area contributed by atoms with Crippen molar-refractivity contribution in [1.29, 1.82) is 0 Å². The molecule has 21 heavy (non-hydrogen) atoms. The molecule has 0 atom stereocenters. The molecule has 1 fully saturated rings. The molecular weight excluding hydrogens is 310 g/mol. The van der Waals surface area contributed by atoms with Gasteiger partial charge in [-0.3, -0.25) is 0 Å². The molecule has 0 amide bonds. The van der Waals surface area contributed by atoms with Gasteiger partial charge in [0.15, 0.2) is 0 Å². The Morgan fingerprint density at radius 2 is 2.00 bits per heavy atom. The summed E-state index contributed by atoms with van der Waals surface area (Å²) in [7, 11) is -2.46. The third kappa shape index (κ3) is 3.41. The van der Waals surface area contributed by atoms with Crippen LogP contribution in [0.25, 0.3) is 0 Å². The van der Waals surface area contributed by atoms with Crippen LogP contribution in [0.3, 0.4) is 0 Å². The van der Waals surface area contributed by atoms with Gasteiger partial charge in [-0.2, -0.15) is 16.1 Å². The van der Waals surface area contributed by atoms with Gasteiger partial charge in [0.1, 0.15) is 0 Å². The maximum Gasteiger partial charge on any atom is 0.339 e. The molecule has 1 aliphatic rings. The molecule has 0 aliphatic carbocycles. The number of ether oxygens (including phenoxy) is 1. The number of benzene rings is 1. The summed E-state index contributed by atoms with van der Waals surface area (Å²) in [5.41, 5.74) is 0.0797. The molecule has 7 heteroatoms. The van der Waals surface area contributed by atoms with Crippen molar-refractivity contribution >= 4 is 27.8 Å². The summed E-state index contributed by atoms with van der Waals surface area (Å²) in [4.78, 5) is 11.8. The number of carbonyl (C=O) groups excluding carboxylic acids is 1. The zero-order valence-corrected chi connectivity index (χ0v) is 14.0. The molecule has 0 N–H and O–H groups in total. The van der Waals surface area contributed by atoms with E-state index in [0.29, 0.717) is 13.1 Å². The highest BCUT2D eigenvalue weighted by molar-refractivity contribution is 8.00. The van der Waals surface area contributed by atoms with Gasteiger partial charge in [0.2, 0.25) is 10.0 Å². The van der Waals surface area contributed by atoms with Crippen LogP contribution in [0.2, 0.25) is 0 Å². The largest absolute Gasteiger partial charge is 0.465 e. The molecule has 116 valence electrons. The van der Waals surface area contributed by atoms with E-state index in [1.807, 2.05) is 13.8 Å². The van der Waals surface area contributed by atoms with E-state index in [2.05, 4.69) is 4.74 Å². The number of carbonyl (C=O) groups is 1. The second kappa shape index (κ2) is 5.98. The highest BCUT2D eigenvalue weighted by Gasteiger charge is 2.36. The molecule has 1 aromatic carbocycles. The molecule has 2 rings (SSSR count). The fraction of sp³-hybridized carbons (Fsp3) is 0.500. The van der Waals surface area contributed by atoms with E-state index in [4.69, 9.17) is 0 Å². The van der Waals surface area contributed by atoms with Gasteiger partial charge in [-0.15, -0.1) is 0 Å². The van der Waals surface area contributed by atoms with Gasteiger partial charge in [-0.1, -0.05) is 12.1 Å². The van der Waals surface area contributed by atoms with E-state index in [0.717, 1.165) is 5.75 Å². The lowest BCUT2D eigenvalue weighted by Gasteiger charge is -2.36. The summed E-state index contributed by atoms with van der Waals surface area (Å²) in [5, 5.41) is 0. The fourth-order valence-electron chi connectivity index (χ4n) is 2.29. The zero-order valence-electron chi connectivity index (χ0n) is 12.3. The van der Waals surface area contributed by atoms with E-state index >= 15 is 0 Å². The third-order valence-electron chi connectivity index (χ3n) is 3.30. The summed E-state index contributed by atoms with van der Waals surface area (Å²) in [6, 6.07) is 6.17. The summed E-state index contributed by atoms with van der Waals surface area (Å²) in [6.45, 7) is 4.92. The number of sulfonamides is 1. The predicted octanol–water partition coefficient (Wildman–Crippen LogP) is 1.99. The average Bonchev–Trinajstić information content (AvgIpc) is 2.45. The van der Waals surface area contributed by atoms with Crippen molar-refractivity contribution in [2.75, 3.05) is 26.0 Å². The van der Waals surface area contributed by atoms with Crippen molar-refractivity contribution in [2.45, 2.75) is 23.5 Å². The van der Waals surface area contributed by atoms with Crippen molar-refractivity contribution in [3.63, 3.8) is 0 Å². The van der Waals surface area contributed by atoms with Crippen LogP contribution in [0, 0.1) is 0 Å². The number of hydrogen-bond acceptors (Lipinski definition) is 5. The number of esters is 1. The molecular formula is C14H19NO4S2. The third-order valence-corrected chi connectivity index (χ3v) is 6.50. The van der Waals surface area contributed by atoms with Crippen LogP contribution in [0.4, 0.5) is 0 Å². The van der Waals surface area contributed by atoms with E-state index in [1.165, 1.54) is 23.5 Å². The first-order chi connectivity index (χ1) is 9.78. The molecule has 0 spiro atoms. The molecule has 0 radical (unpaired) electrons. The molecule has 1 aliphatic heterocycles. The Bertz CT molecular complexity index is 640. The van der Waals surface area contributed by atoms with Crippen molar-refractivity contribution < 1.29 is 17.9 Å². The lowest BCUT2D eigenvalue weighted by atomic mass is 10.2. The Labute approximate surface area is 129 Å². The van der Waals surface area contributed by atoms with Crippen molar-refractivity contribution in [2.24, 2.45) is 0 Å². The summed E-state index contributed by atoms with van der Waals surface area (Å²) in [6.07, 6.45) is 0. The van der Waals surface area contributed by atoms with Crippen LogP contribution >= 0.6 is 11.8 Å². The molecule has 0 bridgehead atoms. The first-order valence-electron chi connectivity index (χ1n) is 6.59. The first-order valence-corrected chi connectivity index (χ1v) is 9.02. The Balaban J connectivity index is 2.43. The van der Waals surface area contributed by atoms with Crippen molar-refractivity contribution in [3.8, 4) is 0 Å². The van der Waals surface area contributed by atoms with E-state index < -0.39 is 16.0 Å². The SMILES string of the molecule is COC(=O)c1ccccc1S(=O)(=O)N1CCSC(C)(C)C1. The summed E-state index contributed by atoms with van der Waals surface area (Å²) < 4.78 is 31.6.